The summed E-state index contributed by atoms with van der Waals surface area (Å²) in [4.78, 5) is 13.0. The molecule has 0 saturated heterocycles. The molecule has 0 bridgehead atoms. The number of rotatable bonds is 5. The fourth-order valence-corrected chi connectivity index (χ4v) is 2.15. The summed E-state index contributed by atoms with van der Waals surface area (Å²) in [5, 5.41) is 3.30. The Morgan fingerprint density at radius 2 is 2.00 bits per heavy atom. The van der Waals surface area contributed by atoms with Gasteiger partial charge in [0.15, 0.2) is 17.0 Å². The van der Waals surface area contributed by atoms with E-state index in [1.807, 2.05) is 36.7 Å². The molecule has 0 atom stereocenters. The lowest BCUT2D eigenvalue weighted by atomic mass is 10.2. The number of hydrogen-bond donors (Lipinski definition) is 1. The third kappa shape index (κ3) is 2.65. The van der Waals surface area contributed by atoms with E-state index in [-0.39, 0.29) is 0 Å². The number of nitrogens with one attached hydrogen (secondary N) is 1. The molecule has 0 aliphatic heterocycles. The number of benzene rings is 1. The first-order chi connectivity index (χ1) is 10.3. The number of anilines is 1. The molecule has 108 valence electrons. The number of nitrogens with zero attached hydrogens (tertiary/aromatic N) is 4. The summed E-state index contributed by atoms with van der Waals surface area (Å²) in [7, 11) is 1.88. The molecule has 3 aromatic rings. The molecule has 21 heavy (non-hydrogen) atoms. The van der Waals surface area contributed by atoms with Crippen LogP contribution in [0.25, 0.3) is 11.2 Å². The van der Waals surface area contributed by atoms with Gasteiger partial charge in [0.25, 0.3) is 6.01 Å². The Hall–Kier alpha value is -2.63. The van der Waals surface area contributed by atoms with Crippen LogP contribution in [0.1, 0.15) is 12.5 Å². The van der Waals surface area contributed by atoms with Crippen molar-refractivity contribution >= 4 is 17.0 Å². The zero-order valence-electron chi connectivity index (χ0n) is 12.1. The van der Waals surface area contributed by atoms with Crippen LogP contribution in [0.5, 0.6) is 6.01 Å². The molecule has 1 N–H and O–H groups in total. The van der Waals surface area contributed by atoms with Crippen LogP contribution >= 0.6 is 0 Å². The second-order valence-corrected chi connectivity index (χ2v) is 4.62. The highest BCUT2D eigenvalue weighted by Gasteiger charge is 2.13. The van der Waals surface area contributed by atoms with E-state index < -0.39 is 0 Å². The quantitative estimate of drug-likeness (QED) is 0.778. The van der Waals surface area contributed by atoms with Gasteiger partial charge < -0.3 is 10.1 Å². The van der Waals surface area contributed by atoms with Crippen molar-refractivity contribution in [2.45, 2.75) is 13.5 Å². The van der Waals surface area contributed by atoms with Gasteiger partial charge in [-0.1, -0.05) is 30.3 Å². The normalized spacial score (nSPS) is 10.8. The molecule has 0 amide bonds. The van der Waals surface area contributed by atoms with Crippen LogP contribution in [0.15, 0.2) is 36.7 Å². The number of ether oxygens (including phenoxy) is 1. The molecular weight excluding hydrogens is 266 g/mol. The summed E-state index contributed by atoms with van der Waals surface area (Å²) in [5.74, 6) is 0.713. The largest absolute Gasteiger partial charge is 0.465 e. The fraction of sp³-hybridized carbons (Fsp3) is 0.267. The van der Waals surface area contributed by atoms with Gasteiger partial charge in [0.2, 0.25) is 0 Å². The Morgan fingerprint density at radius 3 is 2.76 bits per heavy atom. The maximum Gasteiger partial charge on any atom is 0.298 e. The van der Waals surface area contributed by atoms with Gasteiger partial charge in [-0.3, -0.25) is 4.57 Å². The zero-order chi connectivity index (χ0) is 14.7. The van der Waals surface area contributed by atoms with Crippen molar-refractivity contribution in [1.29, 1.82) is 0 Å². The minimum atomic E-state index is 0.552. The van der Waals surface area contributed by atoms with Crippen molar-refractivity contribution in [3.63, 3.8) is 0 Å². The van der Waals surface area contributed by atoms with E-state index in [0.717, 1.165) is 11.2 Å². The summed E-state index contributed by atoms with van der Waals surface area (Å²) in [6.45, 7) is 3.18. The molecule has 0 aliphatic rings. The number of imidazole rings is 1. The number of fused-ring (bicyclic) bond motifs is 1. The second kappa shape index (κ2) is 5.78. The zero-order valence-corrected chi connectivity index (χ0v) is 12.1. The molecule has 2 heterocycles. The molecule has 0 saturated carbocycles. The monoisotopic (exact) mass is 283 g/mol. The highest BCUT2D eigenvalue weighted by Crippen LogP contribution is 2.23. The van der Waals surface area contributed by atoms with E-state index in [2.05, 4.69) is 32.4 Å². The lowest BCUT2D eigenvalue weighted by molar-refractivity contribution is 0.304. The van der Waals surface area contributed by atoms with E-state index in [4.69, 9.17) is 4.74 Å². The second-order valence-electron chi connectivity index (χ2n) is 4.62. The Kier molecular flexibility index (Phi) is 3.68. The SMILES string of the molecule is CCOc1nc2c(NCc3ccccc3)ncnc2n1C. The van der Waals surface area contributed by atoms with E-state index in [9.17, 15) is 0 Å². The summed E-state index contributed by atoms with van der Waals surface area (Å²) in [6.07, 6.45) is 1.53. The number of hydrogen-bond acceptors (Lipinski definition) is 5. The molecule has 0 radical (unpaired) electrons. The van der Waals surface area contributed by atoms with Crippen LogP contribution in [0.2, 0.25) is 0 Å². The van der Waals surface area contributed by atoms with Crippen LogP contribution in [0, 0.1) is 0 Å². The molecule has 1 aromatic carbocycles. The van der Waals surface area contributed by atoms with Crippen molar-refractivity contribution in [2.75, 3.05) is 11.9 Å². The number of aromatic nitrogens is 4. The Balaban J connectivity index is 1.90. The molecule has 0 fully saturated rings. The predicted octanol–water partition coefficient (Wildman–Crippen LogP) is 2.37. The lowest BCUT2D eigenvalue weighted by Crippen LogP contribution is -2.02. The average Bonchev–Trinajstić information content (AvgIpc) is 2.84. The minimum Gasteiger partial charge on any atom is -0.465 e. The smallest absolute Gasteiger partial charge is 0.298 e. The molecule has 3 rings (SSSR count). The predicted molar refractivity (Wildman–Crippen MR) is 81.2 cm³/mol. The molecule has 0 unspecified atom stereocenters. The van der Waals surface area contributed by atoms with Crippen molar-refractivity contribution in [2.24, 2.45) is 7.05 Å². The highest BCUT2D eigenvalue weighted by atomic mass is 16.5. The first kappa shape index (κ1) is 13.4. The average molecular weight is 283 g/mol. The van der Waals surface area contributed by atoms with Crippen molar-refractivity contribution < 1.29 is 4.74 Å². The van der Waals surface area contributed by atoms with Crippen LogP contribution in [-0.2, 0) is 13.6 Å². The van der Waals surface area contributed by atoms with E-state index in [1.165, 1.54) is 11.9 Å². The Bertz CT molecular complexity index is 738. The Morgan fingerprint density at radius 1 is 1.19 bits per heavy atom. The fourth-order valence-electron chi connectivity index (χ4n) is 2.15. The molecule has 2 aromatic heterocycles. The van der Waals surface area contributed by atoms with Gasteiger partial charge >= 0.3 is 0 Å². The molecular formula is C15H17N5O. The van der Waals surface area contributed by atoms with Crippen molar-refractivity contribution in [1.82, 2.24) is 19.5 Å². The molecule has 6 nitrogen and oxygen atoms in total. The summed E-state index contributed by atoms with van der Waals surface area (Å²) >= 11 is 0. The lowest BCUT2D eigenvalue weighted by Gasteiger charge is -2.05. The molecule has 0 aliphatic carbocycles. The van der Waals surface area contributed by atoms with Crippen LogP contribution in [-0.4, -0.2) is 26.1 Å². The van der Waals surface area contributed by atoms with E-state index in [1.54, 1.807) is 0 Å². The van der Waals surface area contributed by atoms with Gasteiger partial charge in [0, 0.05) is 13.6 Å². The summed E-state index contributed by atoms with van der Waals surface area (Å²) < 4.78 is 7.32. The molecule has 6 heteroatoms. The van der Waals surface area contributed by atoms with Crippen LogP contribution in [0.4, 0.5) is 5.82 Å². The van der Waals surface area contributed by atoms with Gasteiger partial charge in [-0.25, -0.2) is 9.97 Å². The van der Waals surface area contributed by atoms with Gasteiger partial charge in [-0.05, 0) is 12.5 Å². The molecule has 0 spiro atoms. The first-order valence-corrected chi connectivity index (χ1v) is 6.87. The third-order valence-corrected chi connectivity index (χ3v) is 3.19. The first-order valence-electron chi connectivity index (χ1n) is 6.87. The van der Waals surface area contributed by atoms with Gasteiger partial charge in [-0.15, -0.1) is 0 Å². The maximum atomic E-state index is 5.50. The number of aryl methyl sites for hydroxylation is 1. The van der Waals surface area contributed by atoms with Gasteiger partial charge in [-0.2, -0.15) is 4.98 Å². The third-order valence-electron chi connectivity index (χ3n) is 3.19. The van der Waals surface area contributed by atoms with Crippen molar-refractivity contribution in [3.05, 3.63) is 42.2 Å². The van der Waals surface area contributed by atoms with Gasteiger partial charge in [0.1, 0.15) is 6.33 Å². The minimum absolute atomic E-state index is 0.552. The van der Waals surface area contributed by atoms with Gasteiger partial charge in [0.05, 0.1) is 6.61 Å². The van der Waals surface area contributed by atoms with Crippen molar-refractivity contribution in [3.8, 4) is 6.01 Å². The Labute approximate surface area is 122 Å². The van der Waals surface area contributed by atoms with E-state index >= 15 is 0 Å². The highest BCUT2D eigenvalue weighted by molar-refractivity contribution is 5.83. The van der Waals surface area contributed by atoms with E-state index in [0.29, 0.717) is 25.0 Å². The van der Waals surface area contributed by atoms with Crippen LogP contribution < -0.4 is 10.1 Å². The summed E-state index contributed by atoms with van der Waals surface area (Å²) in [6, 6.07) is 10.7. The topological polar surface area (TPSA) is 64.9 Å². The van der Waals surface area contributed by atoms with Crippen LogP contribution in [0.3, 0.4) is 0 Å². The maximum absolute atomic E-state index is 5.50. The standard InChI is InChI=1S/C15H17N5O/c1-3-21-15-19-12-13(17-10-18-14(12)20(15)2)16-9-11-7-5-4-6-8-11/h4-8,10H,3,9H2,1-2H3,(H,16,17,18). The summed E-state index contributed by atoms with van der Waals surface area (Å²) in [5.41, 5.74) is 2.66.